The van der Waals surface area contributed by atoms with Crippen LogP contribution in [0.15, 0.2) is 18.5 Å². The average Bonchev–Trinajstić information content (AvgIpc) is 2.82. The van der Waals surface area contributed by atoms with Gasteiger partial charge in [0.25, 0.3) is 0 Å². The second kappa shape index (κ2) is 5.29. The molecule has 0 aliphatic carbocycles. The molecule has 6 nitrogen and oxygen atoms in total. The van der Waals surface area contributed by atoms with Gasteiger partial charge in [0.15, 0.2) is 6.29 Å². The summed E-state index contributed by atoms with van der Waals surface area (Å²) in [6, 6.07) is 5.15. The molecule has 17 heavy (non-hydrogen) atoms. The van der Waals surface area contributed by atoms with E-state index in [2.05, 4.69) is 37.1 Å². The third kappa shape index (κ3) is 2.48. The Labute approximate surface area is 111 Å². The lowest BCUT2D eigenvalue weighted by Gasteiger charge is -2.01. The largest absolute Gasteiger partial charge is 0.296 e. The van der Waals surface area contributed by atoms with Crippen LogP contribution in [0.2, 0.25) is 0 Å². The quantitative estimate of drug-likeness (QED) is 0.475. The number of aromatic nitrogens is 4. The standard InChI is InChI=1S/C9H5IN5OP/c10-17-15-9(2-7(4-16)14-15)8-1-6(3-11)12-5-13-8/h1-2,4-5,17H. The van der Waals surface area contributed by atoms with Crippen LogP contribution < -0.4 is 0 Å². The molecule has 0 radical (unpaired) electrons. The molecule has 2 aromatic heterocycles. The molecule has 2 rings (SSSR count). The van der Waals surface area contributed by atoms with Gasteiger partial charge in [-0.15, -0.1) is 0 Å². The van der Waals surface area contributed by atoms with E-state index in [-0.39, 0.29) is 5.69 Å². The zero-order valence-electron chi connectivity index (χ0n) is 8.33. The van der Waals surface area contributed by atoms with Gasteiger partial charge in [-0.05, 0) is 28.1 Å². The topological polar surface area (TPSA) is 84.5 Å². The fourth-order valence-electron chi connectivity index (χ4n) is 1.26. The Balaban J connectivity index is 2.55. The van der Waals surface area contributed by atoms with E-state index in [4.69, 9.17) is 5.26 Å². The summed E-state index contributed by atoms with van der Waals surface area (Å²) in [5.74, 6) is 0. The van der Waals surface area contributed by atoms with Crippen LogP contribution >= 0.6 is 28.4 Å². The van der Waals surface area contributed by atoms with Crippen molar-refractivity contribution in [2.24, 2.45) is 0 Å². The summed E-state index contributed by atoms with van der Waals surface area (Å²) >= 11 is 2.16. The van der Waals surface area contributed by atoms with Crippen LogP contribution in [-0.4, -0.2) is 25.8 Å². The summed E-state index contributed by atoms with van der Waals surface area (Å²) in [4.78, 5) is 18.6. The molecule has 2 heterocycles. The number of nitriles is 1. The highest BCUT2D eigenvalue weighted by molar-refractivity contribution is 14.2. The minimum absolute atomic E-state index is 0.284. The number of carbonyl (C=O) groups is 1. The molecule has 0 aromatic carbocycles. The van der Waals surface area contributed by atoms with Gasteiger partial charge in [0.05, 0.1) is 17.8 Å². The van der Waals surface area contributed by atoms with Crippen LogP contribution in [-0.2, 0) is 0 Å². The van der Waals surface area contributed by atoms with Crippen molar-refractivity contribution in [2.75, 3.05) is 0 Å². The molecule has 1 atom stereocenters. The Kier molecular flexibility index (Phi) is 3.76. The van der Waals surface area contributed by atoms with Crippen molar-refractivity contribution in [3.63, 3.8) is 0 Å². The summed E-state index contributed by atoms with van der Waals surface area (Å²) in [7, 11) is 0. The maximum Gasteiger partial charge on any atom is 0.170 e. The molecule has 0 bridgehead atoms. The molecule has 0 saturated carbocycles. The molecule has 0 aliphatic heterocycles. The molecule has 0 spiro atoms. The van der Waals surface area contributed by atoms with Crippen LogP contribution in [0.1, 0.15) is 16.2 Å². The fraction of sp³-hybridized carbons (Fsp3) is 0. The van der Waals surface area contributed by atoms with Crippen LogP contribution in [0.4, 0.5) is 0 Å². The fourth-order valence-corrected chi connectivity index (χ4v) is 2.79. The second-order valence-electron chi connectivity index (χ2n) is 2.97. The van der Waals surface area contributed by atoms with E-state index in [0.717, 1.165) is 0 Å². The van der Waals surface area contributed by atoms with Crippen LogP contribution in [0, 0.1) is 11.3 Å². The minimum atomic E-state index is 0.284. The Morgan fingerprint density at radius 3 is 2.94 bits per heavy atom. The van der Waals surface area contributed by atoms with Crippen molar-refractivity contribution >= 4 is 34.7 Å². The van der Waals surface area contributed by atoms with Gasteiger partial charge in [-0.3, -0.25) is 4.79 Å². The second-order valence-corrected chi connectivity index (χ2v) is 5.01. The molecule has 1 unspecified atom stereocenters. The molecular weight excluding hydrogens is 352 g/mol. The number of halogens is 1. The lowest BCUT2D eigenvalue weighted by Crippen LogP contribution is -1.93. The van der Waals surface area contributed by atoms with E-state index in [0.29, 0.717) is 29.7 Å². The Morgan fingerprint density at radius 2 is 2.29 bits per heavy atom. The van der Waals surface area contributed by atoms with E-state index >= 15 is 0 Å². The smallest absolute Gasteiger partial charge is 0.170 e. The maximum atomic E-state index is 10.7. The molecule has 0 N–H and O–H groups in total. The zero-order valence-corrected chi connectivity index (χ0v) is 11.5. The van der Waals surface area contributed by atoms with Crippen molar-refractivity contribution < 1.29 is 4.79 Å². The third-order valence-corrected chi connectivity index (χ3v) is 3.85. The van der Waals surface area contributed by atoms with Crippen LogP contribution in [0.3, 0.4) is 0 Å². The van der Waals surface area contributed by atoms with E-state index in [1.54, 1.807) is 16.6 Å². The molecular formula is C9H5IN5OP. The summed E-state index contributed by atoms with van der Waals surface area (Å²) in [5.41, 5.74) is 1.92. The predicted octanol–water partition coefficient (Wildman–Crippen LogP) is 1.82. The van der Waals surface area contributed by atoms with Gasteiger partial charge in [0.1, 0.15) is 23.8 Å². The summed E-state index contributed by atoms with van der Waals surface area (Å²) in [6.07, 6.45) is 2.35. The van der Waals surface area contributed by atoms with Crippen molar-refractivity contribution in [2.45, 2.75) is 0 Å². The lowest BCUT2D eigenvalue weighted by molar-refractivity contribution is 0.111. The molecule has 0 fully saturated rings. The first kappa shape index (κ1) is 12.1. The van der Waals surface area contributed by atoms with E-state index < -0.39 is 0 Å². The van der Waals surface area contributed by atoms with E-state index in [1.165, 1.54) is 6.33 Å². The molecule has 0 saturated heterocycles. The average molecular weight is 357 g/mol. The minimum Gasteiger partial charge on any atom is -0.296 e. The predicted molar refractivity (Wildman–Crippen MR) is 71.1 cm³/mol. The van der Waals surface area contributed by atoms with E-state index in [9.17, 15) is 4.79 Å². The highest BCUT2D eigenvalue weighted by atomic mass is 127. The van der Waals surface area contributed by atoms with Gasteiger partial charge in [0, 0.05) is 6.07 Å². The van der Waals surface area contributed by atoms with Gasteiger partial charge in [-0.1, -0.05) is 0 Å². The molecule has 0 amide bonds. The van der Waals surface area contributed by atoms with Crippen molar-refractivity contribution in [3.05, 3.63) is 29.8 Å². The van der Waals surface area contributed by atoms with Gasteiger partial charge in [0.2, 0.25) is 0 Å². The number of nitrogens with zero attached hydrogens (tertiary/aromatic N) is 5. The van der Waals surface area contributed by atoms with Gasteiger partial charge < -0.3 is 0 Å². The Hall–Kier alpha value is -1.39. The highest BCUT2D eigenvalue weighted by Crippen LogP contribution is 2.30. The van der Waals surface area contributed by atoms with Crippen molar-refractivity contribution in [3.8, 4) is 17.5 Å². The first-order valence-corrected chi connectivity index (χ1v) is 8.49. The van der Waals surface area contributed by atoms with Gasteiger partial charge in [-0.25, -0.2) is 14.4 Å². The molecule has 84 valence electrons. The number of rotatable bonds is 3. The van der Waals surface area contributed by atoms with Gasteiger partial charge in [-0.2, -0.15) is 10.4 Å². The summed E-state index contributed by atoms with van der Waals surface area (Å²) < 4.78 is 1.67. The first-order valence-electron chi connectivity index (χ1n) is 4.43. The normalized spacial score (nSPS) is 10.6. The lowest BCUT2D eigenvalue weighted by atomic mass is 10.2. The van der Waals surface area contributed by atoms with Crippen molar-refractivity contribution in [1.29, 1.82) is 5.26 Å². The Bertz CT molecular complexity index is 606. The number of carbonyl (C=O) groups excluding carboxylic acids is 1. The molecule has 8 heteroatoms. The first-order chi connectivity index (χ1) is 8.28. The highest BCUT2D eigenvalue weighted by Gasteiger charge is 2.11. The summed E-state index contributed by atoms with van der Waals surface area (Å²) in [6.45, 7) is 0. The third-order valence-electron chi connectivity index (χ3n) is 1.97. The number of hydrogen-bond acceptors (Lipinski definition) is 5. The SMILES string of the molecule is N#Cc1cc(-c2cc(C=O)nn2PI)ncn1. The molecule has 2 aromatic rings. The number of hydrogen-bond donors (Lipinski definition) is 0. The molecule has 0 aliphatic rings. The zero-order chi connectivity index (χ0) is 12.3. The van der Waals surface area contributed by atoms with Crippen LogP contribution in [0.25, 0.3) is 11.4 Å². The maximum absolute atomic E-state index is 10.7. The van der Waals surface area contributed by atoms with E-state index in [1.807, 2.05) is 6.07 Å². The monoisotopic (exact) mass is 357 g/mol. The number of aldehydes is 1. The van der Waals surface area contributed by atoms with Crippen molar-refractivity contribution in [1.82, 2.24) is 19.5 Å². The Morgan fingerprint density at radius 1 is 1.47 bits per heavy atom. The summed E-state index contributed by atoms with van der Waals surface area (Å²) in [5, 5.41) is 12.9. The van der Waals surface area contributed by atoms with Crippen LogP contribution in [0.5, 0.6) is 0 Å². The van der Waals surface area contributed by atoms with Gasteiger partial charge >= 0.3 is 0 Å².